The van der Waals surface area contributed by atoms with Gasteiger partial charge in [0.05, 0.1) is 12.8 Å². The Morgan fingerprint density at radius 2 is 2.22 bits per heavy atom. The number of aromatic nitrogens is 3. The summed E-state index contributed by atoms with van der Waals surface area (Å²) >= 11 is 5.15. The number of ether oxygens (including phenoxy) is 2. The van der Waals surface area contributed by atoms with Gasteiger partial charge >= 0.3 is 0 Å². The van der Waals surface area contributed by atoms with Gasteiger partial charge < -0.3 is 9.47 Å². The number of nitrogens with one attached hydrogen (secondary N) is 1. The Bertz CT molecular complexity index is 788. The van der Waals surface area contributed by atoms with Crippen LogP contribution in [0.1, 0.15) is 25.2 Å². The lowest BCUT2D eigenvalue weighted by Gasteiger charge is -2.10. The monoisotopic (exact) mass is 331 g/mol. The van der Waals surface area contributed by atoms with Crippen molar-refractivity contribution in [2.75, 3.05) is 13.2 Å². The summed E-state index contributed by atoms with van der Waals surface area (Å²) in [5, 5.41) is 19.8. The number of H-pyrrole nitrogens is 1. The average Bonchev–Trinajstić information content (AvgIpc) is 2.92. The van der Waals surface area contributed by atoms with Gasteiger partial charge in [0.2, 0.25) is 4.77 Å². The maximum atomic E-state index is 8.61. The average molecular weight is 331 g/mol. The number of hydrogen-bond acceptors (Lipinski definition) is 6. The van der Waals surface area contributed by atoms with E-state index in [0.717, 1.165) is 17.8 Å². The Balaban J connectivity index is 2.28. The van der Waals surface area contributed by atoms with Crippen LogP contribution >= 0.6 is 12.2 Å². The summed E-state index contributed by atoms with van der Waals surface area (Å²) in [6, 6.07) is 7.31. The van der Waals surface area contributed by atoms with Crippen LogP contribution in [0.2, 0.25) is 0 Å². The number of aryl methyl sites for hydroxylation is 1. The van der Waals surface area contributed by atoms with E-state index in [4.69, 9.17) is 27.0 Å². The number of hydrogen-bond donors (Lipinski definition) is 1. The van der Waals surface area contributed by atoms with Crippen molar-refractivity contribution < 1.29 is 9.47 Å². The molecule has 0 bridgehead atoms. The summed E-state index contributed by atoms with van der Waals surface area (Å²) in [5.74, 6) is 1.85. The lowest BCUT2D eigenvalue weighted by molar-refractivity contribution is 0.298. The molecule has 7 nitrogen and oxygen atoms in total. The first-order valence-electron chi connectivity index (χ1n) is 7.16. The highest BCUT2D eigenvalue weighted by molar-refractivity contribution is 7.71. The van der Waals surface area contributed by atoms with E-state index in [0.29, 0.717) is 22.9 Å². The Hall–Kier alpha value is -2.66. The fourth-order valence-corrected chi connectivity index (χ4v) is 2.10. The van der Waals surface area contributed by atoms with E-state index < -0.39 is 0 Å². The van der Waals surface area contributed by atoms with Crippen molar-refractivity contribution in [3.05, 3.63) is 34.4 Å². The smallest absolute Gasteiger partial charge is 0.216 e. The largest absolute Gasteiger partial charge is 0.490 e. The van der Waals surface area contributed by atoms with E-state index in [1.165, 1.54) is 0 Å². The third kappa shape index (κ3) is 4.17. The summed E-state index contributed by atoms with van der Waals surface area (Å²) in [7, 11) is 0. The minimum absolute atomic E-state index is 0.0302. The number of rotatable bonds is 7. The molecule has 23 heavy (non-hydrogen) atoms. The van der Waals surface area contributed by atoms with Crippen LogP contribution in [0.4, 0.5) is 0 Å². The first-order chi connectivity index (χ1) is 11.2. The molecule has 1 heterocycles. The Morgan fingerprint density at radius 1 is 1.39 bits per heavy atom. The second-order valence-corrected chi connectivity index (χ2v) is 4.83. The maximum absolute atomic E-state index is 8.61. The molecule has 120 valence electrons. The zero-order chi connectivity index (χ0) is 16.7. The lowest BCUT2D eigenvalue weighted by Crippen LogP contribution is -2.01. The van der Waals surface area contributed by atoms with E-state index in [-0.39, 0.29) is 6.61 Å². The van der Waals surface area contributed by atoms with E-state index in [2.05, 4.69) is 15.3 Å². The third-order valence-corrected chi connectivity index (χ3v) is 3.18. The summed E-state index contributed by atoms with van der Waals surface area (Å²) in [6.45, 7) is 4.33. The van der Waals surface area contributed by atoms with Crippen LogP contribution in [0.5, 0.6) is 11.5 Å². The van der Waals surface area contributed by atoms with Crippen LogP contribution < -0.4 is 9.47 Å². The molecule has 8 heteroatoms. The molecular formula is C15H17N5O2S. The molecule has 0 unspecified atom stereocenters. The van der Waals surface area contributed by atoms with Crippen molar-refractivity contribution in [3.8, 4) is 17.6 Å². The molecule has 1 aromatic carbocycles. The second kappa shape index (κ2) is 8.10. The molecule has 0 fully saturated rings. The van der Waals surface area contributed by atoms with Gasteiger partial charge in [-0.15, -0.1) is 0 Å². The SMILES string of the molecule is CCOc1cc(/C=N\n2c(CC)n[nH]c2=S)ccc1OCC#N. The molecule has 0 aliphatic rings. The van der Waals surface area contributed by atoms with Crippen molar-refractivity contribution in [2.45, 2.75) is 20.3 Å². The van der Waals surface area contributed by atoms with E-state index in [1.54, 1.807) is 23.0 Å². The molecule has 2 aromatic rings. The van der Waals surface area contributed by atoms with Gasteiger partial charge in [-0.05, 0) is 42.9 Å². The maximum Gasteiger partial charge on any atom is 0.216 e. The molecule has 0 atom stereocenters. The molecule has 0 aliphatic carbocycles. The summed E-state index contributed by atoms with van der Waals surface area (Å²) < 4.78 is 12.9. The normalized spacial score (nSPS) is 10.7. The van der Waals surface area contributed by atoms with Gasteiger partial charge in [-0.25, -0.2) is 0 Å². The molecule has 1 aromatic heterocycles. The fourth-order valence-electron chi connectivity index (χ4n) is 1.90. The molecule has 0 saturated carbocycles. The van der Waals surface area contributed by atoms with Gasteiger partial charge in [-0.3, -0.25) is 5.10 Å². The van der Waals surface area contributed by atoms with E-state index in [1.807, 2.05) is 26.0 Å². The Kier molecular flexibility index (Phi) is 5.88. The zero-order valence-corrected chi connectivity index (χ0v) is 13.8. The van der Waals surface area contributed by atoms with Gasteiger partial charge in [-0.2, -0.15) is 20.1 Å². The highest BCUT2D eigenvalue weighted by Crippen LogP contribution is 2.28. The highest BCUT2D eigenvalue weighted by Gasteiger charge is 2.06. The predicted molar refractivity (Wildman–Crippen MR) is 88.5 cm³/mol. The zero-order valence-electron chi connectivity index (χ0n) is 12.9. The van der Waals surface area contributed by atoms with Gasteiger partial charge in [-0.1, -0.05) is 6.92 Å². The third-order valence-electron chi connectivity index (χ3n) is 2.92. The molecular weight excluding hydrogens is 314 g/mol. The standard InChI is InChI=1S/C15H17N5O2S/c1-3-14-18-19-15(23)20(14)17-10-11-5-6-12(22-8-7-16)13(9-11)21-4-2/h5-6,9-10H,3-4,8H2,1-2H3,(H,19,23)/b17-10-. The summed E-state index contributed by atoms with van der Waals surface area (Å²) in [6.07, 6.45) is 2.39. The number of nitrogens with zero attached hydrogens (tertiary/aromatic N) is 4. The number of aromatic amines is 1. The van der Waals surface area contributed by atoms with Crippen LogP contribution in [0, 0.1) is 16.1 Å². The summed E-state index contributed by atoms with van der Waals surface area (Å²) in [4.78, 5) is 0. The molecule has 0 amide bonds. The molecule has 0 aliphatic heterocycles. The predicted octanol–water partition coefficient (Wildman–Crippen LogP) is 2.69. The van der Waals surface area contributed by atoms with Gasteiger partial charge in [0.25, 0.3) is 0 Å². The van der Waals surface area contributed by atoms with Crippen molar-refractivity contribution in [3.63, 3.8) is 0 Å². The quantitative estimate of drug-likeness (QED) is 0.622. The Labute approximate surface area is 139 Å². The van der Waals surface area contributed by atoms with Crippen molar-refractivity contribution in [2.24, 2.45) is 5.10 Å². The van der Waals surface area contributed by atoms with Crippen LogP contribution in [0.15, 0.2) is 23.3 Å². The van der Waals surface area contributed by atoms with Gasteiger partial charge in [0.15, 0.2) is 23.9 Å². The van der Waals surface area contributed by atoms with Crippen molar-refractivity contribution >= 4 is 18.4 Å². The van der Waals surface area contributed by atoms with Crippen molar-refractivity contribution in [1.82, 2.24) is 14.9 Å². The van der Waals surface area contributed by atoms with Crippen LogP contribution in [0.25, 0.3) is 0 Å². The summed E-state index contributed by atoms with van der Waals surface area (Å²) in [5.41, 5.74) is 0.822. The second-order valence-electron chi connectivity index (χ2n) is 4.44. The van der Waals surface area contributed by atoms with Crippen LogP contribution in [-0.4, -0.2) is 34.3 Å². The lowest BCUT2D eigenvalue weighted by atomic mass is 10.2. The van der Waals surface area contributed by atoms with E-state index in [9.17, 15) is 0 Å². The molecule has 1 N–H and O–H groups in total. The van der Waals surface area contributed by atoms with Crippen molar-refractivity contribution in [1.29, 1.82) is 5.26 Å². The fraction of sp³-hybridized carbons (Fsp3) is 0.333. The van der Waals surface area contributed by atoms with E-state index >= 15 is 0 Å². The topological polar surface area (TPSA) is 88.2 Å². The molecule has 0 saturated heterocycles. The Morgan fingerprint density at radius 3 is 2.91 bits per heavy atom. The minimum atomic E-state index is -0.0302. The first kappa shape index (κ1) is 16.7. The molecule has 2 rings (SSSR count). The molecule has 0 radical (unpaired) electrons. The van der Waals surface area contributed by atoms with Crippen LogP contribution in [0.3, 0.4) is 0 Å². The van der Waals surface area contributed by atoms with Crippen LogP contribution in [-0.2, 0) is 6.42 Å². The van der Waals surface area contributed by atoms with Gasteiger partial charge in [0.1, 0.15) is 6.07 Å². The minimum Gasteiger partial charge on any atom is -0.490 e. The van der Waals surface area contributed by atoms with Gasteiger partial charge in [0, 0.05) is 6.42 Å². The number of nitriles is 1. The highest BCUT2D eigenvalue weighted by atomic mass is 32.1. The molecule has 0 spiro atoms. The first-order valence-corrected chi connectivity index (χ1v) is 7.57. The number of benzene rings is 1.